The van der Waals surface area contributed by atoms with E-state index in [0.29, 0.717) is 0 Å². The molecule has 3 fully saturated rings. The fraction of sp³-hybridized carbons (Fsp3) is 0.760. The predicted molar refractivity (Wildman–Crippen MR) is 113 cm³/mol. The molecule has 0 nitrogen and oxygen atoms in total. The maximum atomic E-state index is 6.08. The van der Waals surface area contributed by atoms with Crippen LogP contribution in [0.2, 0.25) is 5.02 Å². The summed E-state index contributed by atoms with van der Waals surface area (Å²) in [5.74, 6) is 6.00. The van der Waals surface area contributed by atoms with Crippen molar-refractivity contribution in [3.63, 3.8) is 0 Å². The molecule has 1 aromatic carbocycles. The highest BCUT2D eigenvalue weighted by molar-refractivity contribution is 6.30. The standard InChI is InChI=1S/C25H37Cl/c1-2-3-18-4-6-19(7-5-18)21-8-10-24-17-22(9-11-23(24)16-21)20-12-14-25(26)15-13-20/h12-15,18-19,21-24H,2-11,16-17H2,1H3/t18?,19?,21-,22-,23-,24-/m1/s1. The van der Waals surface area contributed by atoms with Crippen LogP contribution in [0.15, 0.2) is 24.3 Å². The topological polar surface area (TPSA) is 0 Å². The molecule has 0 aliphatic heterocycles. The first-order chi connectivity index (χ1) is 12.7. The second-order valence-corrected chi connectivity index (χ2v) is 10.2. The van der Waals surface area contributed by atoms with Gasteiger partial charge in [0.25, 0.3) is 0 Å². The van der Waals surface area contributed by atoms with Crippen LogP contribution in [0, 0.1) is 29.6 Å². The molecule has 0 N–H and O–H groups in total. The van der Waals surface area contributed by atoms with Gasteiger partial charge in [-0.25, -0.2) is 0 Å². The van der Waals surface area contributed by atoms with Gasteiger partial charge in [-0.3, -0.25) is 0 Å². The van der Waals surface area contributed by atoms with Crippen LogP contribution in [0.4, 0.5) is 0 Å². The van der Waals surface area contributed by atoms with Crippen molar-refractivity contribution in [1.29, 1.82) is 0 Å². The van der Waals surface area contributed by atoms with Gasteiger partial charge in [-0.15, -0.1) is 0 Å². The Hall–Kier alpha value is -0.490. The number of hydrogen-bond donors (Lipinski definition) is 0. The van der Waals surface area contributed by atoms with Crippen molar-refractivity contribution in [2.24, 2.45) is 29.6 Å². The van der Waals surface area contributed by atoms with Gasteiger partial charge in [-0.05, 0) is 105 Å². The smallest absolute Gasteiger partial charge is 0.0406 e. The molecule has 26 heavy (non-hydrogen) atoms. The summed E-state index contributed by atoms with van der Waals surface area (Å²) in [6.07, 6.45) is 17.9. The van der Waals surface area contributed by atoms with E-state index in [0.717, 1.165) is 40.5 Å². The van der Waals surface area contributed by atoms with E-state index in [9.17, 15) is 0 Å². The Bertz CT molecular complexity index is 554. The minimum absolute atomic E-state index is 0.787. The highest BCUT2D eigenvalue weighted by Gasteiger charge is 2.38. The minimum atomic E-state index is 0.787. The Balaban J connectivity index is 1.29. The average Bonchev–Trinajstić information content (AvgIpc) is 2.69. The number of benzene rings is 1. The fourth-order valence-electron chi connectivity index (χ4n) is 6.75. The van der Waals surface area contributed by atoms with Crippen molar-refractivity contribution in [3.05, 3.63) is 34.9 Å². The van der Waals surface area contributed by atoms with Crippen molar-refractivity contribution < 1.29 is 0 Å². The first-order valence-corrected chi connectivity index (χ1v) is 11.9. The first kappa shape index (κ1) is 18.9. The van der Waals surface area contributed by atoms with Gasteiger partial charge in [0.15, 0.2) is 0 Å². The zero-order valence-corrected chi connectivity index (χ0v) is 17.4. The van der Waals surface area contributed by atoms with E-state index >= 15 is 0 Å². The molecule has 4 atom stereocenters. The molecule has 1 aromatic rings. The SMILES string of the molecule is CCCC1CCC([C@@H]2CC[C@@H]3C[C@H](c4ccc(Cl)cc4)CC[C@@H]3C2)CC1. The summed E-state index contributed by atoms with van der Waals surface area (Å²) in [6.45, 7) is 2.35. The summed E-state index contributed by atoms with van der Waals surface area (Å²) >= 11 is 6.08. The molecule has 0 spiro atoms. The molecule has 3 aliphatic rings. The van der Waals surface area contributed by atoms with Crippen LogP contribution in [-0.4, -0.2) is 0 Å². The summed E-state index contributed by atoms with van der Waals surface area (Å²) in [5, 5.41) is 0.872. The number of halogens is 1. The highest BCUT2D eigenvalue weighted by atomic mass is 35.5. The van der Waals surface area contributed by atoms with Crippen LogP contribution in [0.3, 0.4) is 0 Å². The summed E-state index contributed by atoms with van der Waals surface area (Å²) in [6, 6.07) is 8.70. The molecular formula is C25H37Cl. The summed E-state index contributed by atoms with van der Waals surface area (Å²) in [5.41, 5.74) is 1.53. The van der Waals surface area contributed by atoms with Gasteiger partial charge in [0.1, 0.15) is 0 Å². The lowest BCUT2D eigenvalue weighted by atomic mass is 9.60. The third-order valence-electron chi connectivity index (χ3n) is 8.25. The second-order valence-electron chi connectivity index (χ2n) is 9.72. The summed E-state index contributed by atoms with van der Waals surface area (Å²) in [4.78, 5) is 0. The van der Waals surface area contributed by atoms with Crippen LogP contribution in [-0.2, 0) is 0 Å². The van der Waals surface area contributed by atoms with Gasteiger partial charge in [0.2, 0.25) is 0 Å². The number of hydrogen-bond acceptors (Lipinski definition) is 0. The lowest BCUT2D eigenvalue weighted by Gasteiger charge is -2.45. The third kappa shape index (κ3) is 4.32. The highest BCUT2D eigenvalue weighted by Crippen LogP contribution is 2.51. The Morgan fingerprint density at radius 2 is 1.31 bits per heavy atom. The van der Waals surface area contributed by atoms with Gasteiger partial charge in [0.05, 0.1) is 0 Å². The van der Waals surface area contributed by atoms with Gasteiger partial charge >= 0.3 is 0 Å². The fourth-order valence-corrected chi connectivity index (χ4v) is 6.87. The van der Waals surface area contributed by atoms with E-state index in [-0.39, 0.29) is 0 Å². The molecule has 1 heteroatoms. The summed E-state index contributed by atoms with van der Waals surface area (Å²) in [7, 11) is 0. The Labute approximate surface area is 166 Å². The van der Waals surface area contributed by atoms with E-state index in [4.69, 9.17) is 11.6 Å². The van der Waals surface area contributed by atoms with E-state index in [1.165, 1.54) is 63.4 Å². The van der Waals surface area contributed by atoms with E-state index in [2.05, 4.69) is 31.2 Å². The minimum Gasteiger partial charge on any atom is -0.0843 e. The van der Waals surface area contributed by atoms with Crippen molar-refractivity contribution in [2.45, 2.75) is 89.9 Å². The van der Waals surface area contributed by atoms with Crippen LogP contribution >= 0.6 is 11.6 Å². The van der Waals surface area contributed by atoms with Crippen molar-refractivity contribution in [3.8, 4) is 0 Å². The molecule has 0 amide bonds. The van der Waals surface area contributed by atoms with Gasteiger partial charge in [-0.1, -0.05) is 56.3 Å². The van der Waals surface area contributed by atoms with E-state index in [1.54, 1.807) is 19.3 Å². The molecule has 4 rings (SSSR count). The maximum absolute atomic E-state index is 6.08. The summed E-state index contributed by atoms with van der Waals surface area (Å²) < 4.78 is 0. The van der Waals surface area contributed by atoms with Crippen LogP contribution in [0.5, 0.6) is 0 Å². The molecule has 0 aromatic heterocycles. The Kier molecular flexibility index (Phi) is 6.29. The molecule has 3 saturated carbocycles. The quantitative estimate of drug-likeness (QED) is 0.499. The molecular weight excluding hydrogens is 336 g/mol. The van der Waals surface area contributed by atoms with Gasteiger partial charge in [0, 0.05) is 5.02 Å². The average molecular weight is 373 g/mol. The molecule has 0 heterocycles. The Morgan fingerprint density at radius 1 is 0.731 bits per heavy atom. The first-order valence-electron chi connectivity index (χ1n) is 11.5. The molecule has 3 aliphatic carbocycles. The lowest BCUT2D eigenvalue weighted by molar-refractivity contribution is 0.0712. The monoisotopic (exact) mass is 372 g/mol. The number of rotatable bonds is 4. The van der Waals surface area contributed by atoms with Crippen LogP contribution < -0.4 is 0 Å². The largest absolute Gasteiger partial charge is 0.0843 e. The number of fused-ring (bicyclic) bond motifs is 1. The zero-order chi connectivity index (χ0) is 17.9. The van der Waals surface area contributed by atoms with Crippen molar-refractivity contribution in [2.75, 3.05) is 0 Å². The zero-order valence-electron chi connectivity index (χ0n) is 16.6. The molecule has 0 unspecified atom stereocenters. The van der Waals surface area contributed by atoms with E-state index in [1.807, 2.05) is 0 Å². The predicted octanol–water partition coefficient (Wildman–Crippen LogP) is 8.25. The van der Waals surface area contributed by atoms with Gasteiger partial charge in [-0.2, -0.15) is 0 Å². The Morgan fingerprint density at radius 3 is 2.00 bits per heavy atom. The van der Waals surface area contributed by atoms with Crippen molar-refractivity contribution >= 4 is 11.6 Å². The van der Waals surface area contributed by atoms with Crippen LogP contribution in [0.1, 0.15) is 95.5 Å². The lowest BCUT2D eigenvalue weighted by Crippen LogP contribution is -2.34. The van der Waals surface area contributed by atoms with E-state index < -0.39 is 0 Å². The second kappa shape index (κ2) is 8.68. The normalized spacial score (nSPS) is 37.9. The van der Waals surface area contributed by atoms with Gasteiger partial charge < -0.3 is 0 Å². The molecule has 144 valence electrons. The molecule has 0 saturated heterocycles. The third-order valence-corrected chi connectivity index (χ3v) is 8.50. The maximum Gasteiger partial charge on any atom is 0.0406 e. The van der Waals surface area contributed by atoms with Crippen LogP contribution in [0.25, 0.3) is 0 Å². The molecule has 0 radical (unpaired) electrons. The molecule has 0 bridgehead atoms. The van der Waals surface area contributed by atoms with Crippen molar-refractivity contribution in [1.82, 2.24) is 0 Å².